The van der Waals surface area contributed by atoms with Crippen LogP contribution in [-0.2, 0) is 0 Å². The van der Waals surface area contributed by atoms with E-state index < -0.39 is 18.4 Å². The van der Waals surface area contributed by atoms with Gasteiger partial charge in [-0.15, -0.1) is 0 Å². The number of unbranched alkanes of at least 4 members (excludes halogenated alkanes) is 3. The van der Waals surface area contributed by atoms with Crippen LogP contribution in [-0.4, -0.2) is 30.1 Å². The zero-order valence-corrected chi connectivity index (χ0v) is 18.4. The summed E-state index contributed by atoms with van der Waals surface area (Å²) in [6, 6.07) is 0. The van der Waals surface area contributed by atoms with Crippen molar-refractivity contribution in [2.75, 3.05) is 6.61 Å². The first-order valence-electron chi connectivity index (χ1n) is 9.20. The van der Waals surface area contributed by atoms with Crippen LogP contribution in [0.1, 0.15) is 80.1 Å². The number of allylic oxidation sites excluding steroid dienone is 1. The van der Waals surface area contributed by atoms with Crippen molar-refractivity contribution >= 4 is 18.4 Å². The van der Waals surface area contributed by atoms with E-state index in [-0.39, 0.29) is 12.0 Å². The molecule has 0 bridgehead atoms. The Hall–Kier alpha value is 0.499. The van der Waals surface area contributed by atoms with E-state index in [9.17, 15) is 5.11 Å². The third-order valence-corrected chi connectivity index (χ3v) is 21.9. The van der Waals surface area contributed by atoms with Crippen molar-refractivity contribution in [3.05, 3.63) is 9.67 Å². The van der Waals surface area contributed by atoms with Gasteiger partial charge in [0.15, 0.2) is 0 Å². The van der Waals surface area contributed by atoms with E-state index in [1.165, 1.54) is 51.8 Å². The van der Waals surface area contributed by atoms with E-state index in [0.29, 0.717) is 0 Å². The first kappa shape index (κ1) is 21.5. The van der Waals surface area contributed by atoms with Crippen LogP contribution in [0, 0.1) is 5.41 Å². The van der Waals surface area contributed by atoms with Crippen molar-refractivity contribution in [1.29, 1.82) is 0 Å². The van der Waals surface area contributed by atoms with Crippen molar-refractivity contribution in [3.63, 3.8) is 0 Å². The fourth-order valence-corrected chi connectivity index (χ4v) is 23.0. The van der Waals surface area contributed by atoms with Crippen LogP contribution in [0.5, 0.6) is 0 Å². The minimum atomic E-state index is -2.34. The van der Waals surface area contributed by atoms with E-state index in [0.717, 1.165) is 0 Å². The molecule has 1 N–H and O–H groups in total. The monoisotopic (exact) mass is 404 g/mol. The van der Waals surface area contributed by atoms with Crippen molar-refractivity contribution in [1.82, 2.24) is 0 Å². The van der Waals surface area contributed by atoms with Crippen LogP contribution in [0.2, 0.25) is 13.3 Å². The van der Waals surface area contributed by atoms with Gasteiger partial charge in [-0.05, 0) is 0 Å². The molecule has 0 heterocycles. The Morgan fingerprint density at radius 2 is 1.24 bits per heavy atom. The summed E-state index contributed by atoms with van der Waals surface area (Å²) in [5.74, 6) is 0. The second kappa shape index (κ2) is 11.1. The summed E-state index contributed by atoms with van der Waals surface area (Å²) in [6.07, 6.45) is 10.3. The average Bonchev–Trinajstić information content (AvgIpc) is 2.44. The van der Waals surface area contributed by atoms with E-state index in [4.69, 9.17) is 0 Å². The van der Waals surface area contributed by atoms with Crippen molar-refractivity contribution < 1.29 is 5.11 Å². The maximum atomic E-state index is 9.60. The molecule has 0 fully saturated rings. The van der Waals surface area contributed by atoms with Gasteiger partial charge in [0.05, 0.1) is 0 Å². The molecule has 0 saturated heterocycles. The molecule has 0 aromatic heterocycles. The molecule has 0 atom stereocenters. The van der Waals surface area contributed by atoms with Crippen molar-refractivity contribution in [2.45, 2.75) is 93.4 Å². The molecular formula is C19H40OSn. The van der Waals surface area contributed by atoms with Gasteiger partial charge in [-0.2, -0.15) is 0 Å². The molecule has 1 nitrogen and oxygen atoms in total. The van der Waals surface area contributed by atoms with E-state index in [1.807, 2.05) is 0 Å². The topological polar surface area (TPSA) is 20.2 Å². The van der Waals surface area contributed by atoms with Crippen LogP contribution in [0.15, 0.2) is 9.67 Å². The normalized spacial score (nSPS) is 13.8. The Bertz CT molecular complexity index is 267. The Morgan fingerprint density at radius 1 is 0.857 bits per heavy atom. The van der Waals surface area contributed by atoms with Gasteiger partial charge in [0.25, 0.3) is 0 Å². The summed E-state index contributed by atoms with van der Waals surface area (Å²) in [5, 5.41) is 9.60. The van der Waals surface area contributed by atoms with Gasteiger partial charge >= 0.3 is 139 Å². The molecule has 0 aliphatic heterocycles. The van der Waals surface area contributed by atoms with Gasteiger partial charge in [0.1, 0.15) is 0 Å². The number of aliphatic hydroxyl groups excluding tert-OH is 1. The third kappa shape index (κ3) is 7.54. The summed E-state index contributed by atoms with van der Waals surface area (Å²) >= 11 is -2.34. The average molecular weight is 403 g/mol. The molecule has 0 rings (SSSR count). The summed E-state index contributed by atoms with van der Waals surface area (Å²) < 4.78 is 6.20. The number of hydrogen-bond acceptors (Lipinski definition) is 1. The van der Waals surface area contributed by atoms with Crippen LogP contribution in [0.25, 0.3) is 0 Å². The Balaban J connectivity index is 5.58. The molecule has 0 aromatic carbocycles. The standard InChI is InChI=1S/C7H13O.3C4H9.Sn/c1-7(2,3)5-4-6-8;3*1-3-4-2;/h4,8H,6H2,1-3H3;3*1,3-4H2,2H3;. The summed E-state index contributed by atoms with van der Waals surface area (Å²) in [6.45, 7) is 14.3. The zero-order valence-electron chi connectivity index (χ0n) is 15.6. The molecule has 0 unspecified atom stereocenters. The third-order valence-electron chi connectivity index (χ3n) is 4.70. The molecular weight excluding hydrogens is 363 g/mol. The second-order valence-electron chi connectivity index (χ2n) is 7.64. The maximum absolute atomic E-state index is 9.60. The van der Waals surface area contributed by atoms with Crippen molar-refractivity contribution in [2.24, 2.45) is 5.41 Å². The number of aliphatic hydroxyl groups is 1. The molecule has 0 aliphatic carbocycles. The van der Waals surface area contributed by atoms with Gasteiger partial charge in [0, 0.05) is 0 Å². The summed E-state index contributed by atoms with van der Waals surface area (Å²) in [5.41, 5.74) is 0.244. The predicted octanol–water partition coefficient (Wildman–Crippen LogP) is 6.34. The van der Waals surface area contributed by atoms with Gasteiger partial charge in [-0.25, -0.2) is 0 Å². The molecule has 0 aromatic rings. The van der Waals surface area contributed by atoms with Crippen LogP contribution in [0.4, 0.5) is 0 Å². The number of hydrogen-bond donors (Lipinski definition) is 1. The Kier molecular flexibility index (Phi) is 11.4. The van der Waals surface area contributed by atoms with E-state index >= 15 is 0 Å². The van der Waals surface area contributed by atoms with Crippen LogP contribution >= 0.6 is 0 Å². The molecule has 2 heteroatoms. The molecule has 126 valence electrons. The molecule has 0 aliphatic rings. The molecule has 21 heavy (non-hydrogen) atoms. The van der Waals surface area contributed by atoms with Gasteiger partial charge in [-0.1, -0.05) is 0 Å². The molecule has 0 spiro atoms. The fraction of sp³-hybridized carbons (Fsp3) is 0.895. The van der Waals surface area contributed by atoms with E-state index in [2.05, 4.69) is 47.6 Å². The van der Waals surface area contributed by atoms with Crippen LogP contribution < -0.4 is 0 Å². The minimum absolute atomic E-state index is 0.232. The summed E-state index contributed by atoms with van der Waals surface area (Å²) in [4.78, 5) is 0. The second-order valence-corrected chi connectivity index (χ2v) is 20.8. The van der Waals surface area contributed by atoms with Gasteiger partial charge in [0.2, 0.25) is 0 Å². The molecule has 0 amide bonds. The first-order chi connectivity index (χ1) is 9.87. The molecule has 0 radical (unpaired) electrons. The SMILES string of the molecule is CCC[CH2][Sn]([CH2]CCC)([CH2]CCC)/[C](=C\CO)C(C)(C)C. The molecule has 0 saturated carbocycles. The first-order valence-corrected chi connectivity index (χ1v) is 16.7. The van der Waals surface area contributed by atoms with Gasteiger partial charge in [-0.3, -0.25) is 0 Å². The van der Waals surface area contributed by atoms with E-state index in [1.54, 1.807) is 3.59 Å². The predicted molar refractivity (Wildman–Crippen MR) is 99.5 cm³/mol. The van der Waals surface area contributed by atoms with Gasteiger partial charge < -0.3 is 0 Å². The quantitative estimate of drug-likeness (QED) is 0.399. The fourth-order valence-electron chi connectivity index (χ4n) is 3.73. The van der Waals surface area contributed by atoms with Crippen LogP contribution in [0.3, 0.4) is 0 Å². The number of rotatable bonds is 11. The van der Waals surface area contributed by atoms with Crippen molar-refractivity contribution in [3.8, 4) is 0 Å². The zero-order chi connectivity index (χ0) is 16.4. The summed E-state index contributed by atoms with van der Waals surface area (Å²) in [7, 11) is 0. The Morgan fingerprint density at radius 3 is 1.48 bits per heavy atom. The Labute approximate surface area is 138 Å².